The molecular formula is C15H13FO2S. The third kappa shape index (κ3) is 3.35. The van der Waals surface area contributed by atoms with Gasteiger partial charge in [-0.1, -0.05) is 30.3 Å². The van der Waals surface area contributed by atoms with Crippen LogP contribution in [-0.2, 0) is 0 Å². The molecule has 1 unspecified atom stereocenters. The van der Waals surface area contributed by atoms with Gasteiger partial charge in [0, 0.05) is 10.1 Å². The van der Waals surface area contributed by atoms with Crippen molar-refractivity contribution in [1.29, 1.82) is 0 Å². The molecule has 0 fully saturated rings. The molecule has 2 rings (SSSR count). The molecule has 2 aromatic rings. The van der Waals surface area contributed by atoms with Gasteiger partial charge in [0.15, 0.2) is 0 Å². The van der Waals surface area contributed by atoms with Gasteiger partial charge in [-0.2, -0.15) is 0 Å². The summed E-state index contributed by atoms with van der Waals surface area (Å²) in [4.78, 5) is 11.6. The van der Waals surface area contributed by atoms with E-state index in [1.54, 1.807) is 6.07 Å². The molecule has 2 aromatic carbocycles. The third-order valence-corrected chi connectivity index (χ3v) is 3.90. The van der Waals surface area contributed by atoms with Gasteiger partial charge in [0.1, 0.15) is 5.82 Å². The van der Waals surface area contributed by atoms with E-state index in [0.29, 0.717) is 0 Å². The Hall–Kier alpha value is -1.81. The molecule has 0 radical (unpaired) electrons. The number of rotatable bonds is 4. The summed E-state index contributed by atoms with van der Waals surface area (Å²) in [6.45, 7) is 2.03. The Morgan fingerprint density at radius 3 is 2.53 bits per heavy atom. The van der Waals surface area contributed by atoms with Gasteiger partial charge in [-0.3, -0.25) is 0 Å². The van der Waals surface area contributed by atoms with Crippen molar-refractivity contribution in [3.05, 3.63) is 65.5 Å². The molecule has 0 aromatic heterocycles. The van der Waals surface area contributed by atoms with Crippen molar-refractivity contribution in [1.82, 2.24) is 0 Å². The first-order valence-electron chi connectivity index (χ1n) is 5.82. The van der Waals surface area contributed by atoms with Crippen LogP contribution in [0.5, 0.6) is 0 Å². The monoisotopic (exact) mass is 276 g/mol. The van der Waals surface area contributed by atoms with Crippen molar-refractivity contribution < 1.29 is 14.3 Å². The predicted octanol–water partition coefficient (Wildman–Crippen LogP) is 4.38. The van der Waals surface area contributed by atoms with E-state index in [1.807, 2.05) is 37.3 Å². The summed E-state index contributed by atoms with van der Waals surface area (Å²) in [6, 6.07) is 14.1. The molecule has 4 heteroatoms. The van der Waals surface area contributed by atoms with Crippen molar-refractivity contribution in [2.24, 2.45) is 0 Å². The molecule has 19 heavy (non-hydrogen) atoms. The van der Waals surface area contributed by atoms with Crippen molar-refractivity contribution in [2.75, 3.05) is 0 Å². The first-order valence-corrected chi connectivity index (χ1v) is 6.70. The fourth-order valence-corrected chi connectivity index (χ4v) is 2.77. The number of benzene rings is 2. The largest absolute Gasteiger partial charge is 0.478 e. The summed E-state index contributed by atoms with van der Waals surface area (Å²) < 4.78 is 13.3. The first kappa shape index (κ1) is 13.6. The van der Waals surface area contributed by atoms with Crippen LogP contribution < -0.4 is 0 Å². The number of aromatic carboxylic acids is 1. The van der Waals surface area contributed by atoms with Crippen LogP contribution in [-0.4, -0.2) is 11.1 Å². The quantitative estimate of drug-likeness (QED) is 0.842. The van der Waals surface area contributed by atoms with Gasteiger partial charge in [0.2, 0.25) is 0 Å². The Labute approximate surface area is 115 Å². The number of carboxylic acids is 1. The smallest absolute Gasteiger partial charge is 0.338 e. The lowest BCUT2D eigenvalue weighted by Crippen LogP contribution is -2.00. The van der Waals surface area contributed by atoms with E-state index in [2.05, 4.69) is 0 Å². The Morgan fingerprint density at radius 1 is 1.21 bits per heavy atom. The Balaban J connectivity index is 2.20. The maximum absolute atomic E-state index is 13.3. The van der Waals surface area contributed by atoms with Crippen LogP contribution in [0.4, 0.5) is 4.39 Å². The predicted molar refractivity (Wildman–Crippen MR) is 74.1 cm³/mol. The standard InChI is InChI=1S/C15H13FO2S/c1-10(11-5-3-2-4-6-11)19-12-7-8-14(16)13(9-12)15(17)18/h2-10H,1H3,(H,17,18). The zero-order valence-electron chi connectivity index (χ0n) is 10.3. The third-order valence-electron chi connectivity index (χ3n) is 2.75. The van der Waals surface area contributed by atoms with Crippen LogP contribution in [0.15, 0.2) is 53.4 Å². The van der Waals surface area contributed by atoms with Crippen molar-refractivity contribution >= 4 is 17.7 Å². The van der Waals surface area contributed by atoms with Gasteiger partial charge in [-0.25, -0.2) is 9.18 Å². The molecule has 2 nitrogen and oxygen atoms in total. The van der Waals surface area contributed by atoms with E-state index in [0.717, 1.165) is 10.5 Å². The first-order chi connectivity index (χ1) is 9.08. The van der Waals surface area contributed by atoms with Crippen LogP contribution in [0.1, 0.15) is 28.1 Å². The minimum absolute atomic E-state index is 0.174. The van der Waals surface area contributed by atoms with Crippen LogP contribution in [0, 0.1) is 5.82 Å². The number of hydrogen-bond donors (Lipinski definition) is 1. The van der Waals surface area contributed by atoms with E-state index in [9.17, 15) is 9.18 Å². The molecule has 0 amide bonds. The summed E-state index contributed by atoms with van der Waals surface area (Å²) in [5.74, 6) is -1.95. The van der Waals surface area contributed by atoms with Gasteiger partial charge >= 0.3 is 5.97 Å². The minimum atomic E-state index is -1.24. The van der Waals surface area contributed by atoms with Crippen molar-refractivity contribution in [2.45, 2.75) is 17.1 Å². The lowest BCUT2D eigenvalue weighted by atomic mass is 10.2. The van der Waals surface area contributed by atoms with Gasteiger partial charge in [-0.05, 0) is 30.7 Å². The highest BCUT2D eigenvalue weighted by atomic mass is 32.2. The van der Waals surface area contributed by atoms with Gasteiger partial charge in [-0.15, -0.1) is 11.8 Å². The fraction of sp³-hybridized carbons (Fsp3) is 0.133. The van der Waals surface area contributed by atoms with Gasteiger partial charge in [0.05, 0.1) is 5.56 Å². The van der Waals surface area contributed by atoms with E-state index in [1.165, 1.54) is 23.9 Å². The molecule has 1 N–H and O–H groups in total. The normalized spacial score (nSPS) is 12.1. The van der Waals surface area contributed by atoms with Crippen molar-refractivity contribution in [3.8, 4) is 0 Å². The van der Waals surface area contributed by atoms with Gasteiger partial charge < -0.3 is 5.11 Å². The molecule has 1 atom stereocenters. The fourth-order valence-electron chi connectivity index (χ4n) is 1.74. The topological polar surface area (TPSA) is 37.3 Å². The summed E-state index contributed by atoms with van der Waals surface area (Å²) in [5.41, 5.74) is 0.860. The SMILES string of the molecule is CC(Sc1ccc(F)c(C(=O)O)c1)c1ccccc1. The average molecular weight is 276 g/mol. The molecule has 0 spiro atoms. The van der Waals surface area contributed by atoms with Crippen LogP contribution in [0.3, 0.4) is 0 Å². The molecular weight excluding hydrogens is 263 g/mol. The van der Waals surface area contributed by atoms with E-state index in [4.69, 9.17) is 5.11 Å². The average Bonchev–Trinajstić information content (AvgIpc) is 2.41. The zero-order chi connectivity index (χ0) is 13.8. The highest BCUT2D eigenvalue weighted by Crippen LogP contribution is 2.35. The summed E-state index contributed by atoms with van der Waals surface area (Å²) in [7, 11) is 0. The molecule has 0 saturated carbocycles. The maximum Gasteiger partial charge on any atom is 0.338 e. The van der Waals surface area contributed by atoms with E-state index >= 15 is 0 Å². The van der Waals surface area contributed by atoms with Crippen LogP contribution >= 0.6 is 11.8 Å². The number of thioether (sulfide) groups is 1. The lowest BCUT2D eigenvalue weighted by Gasteiger charge is -2.12. The Morgan fingerprint density at radius 2 is 1.89 bits per heavy atom. The van der Waals surface area contributed by atoms with E-state index < -0.39 is 11.8 Å². The van der Waals surface area contributed by atoms with Crippen LogP contribution in [0.2, 0.25) is 0 Å². The number of carboxylic acid groups (broad SMARTS) is 1. The van der Waals surface area contributed by atoms with Crippen molar-refractivity contribution in [3.63, 3.8) is 0 Å². The van der Waals surface area contributed by atoms with Gasteiger partial charge in [0.25, 0.3) is 0 Å². The zero-order valence-corrected chi connectivity index (χ0v) is 11.2. The molecule has 0 heterocycles. The molecule has 0 aliphatic rings. The summed E-state index contributed by atoms with van der Waals surface area (Å²) in [6.07, 6.45) is 0. The maximum atomic E-state index is 13.3. The lowest BCUT2D eigenvalue weighted by molar-refractivity contribution is 0.0691. The number of carbonyl (C=O) groups is 1. The second-order valence-electron chi connectivity index (χ2n) is 4.12. The van der Waals surface area contributed by atoms with Crippen LogP contribution in [0.25, 0.3) is 0 Å². The molecule has 0 aliphatic heterocycles. The molecule has 0 saturated heterocycles. The number of halogens is 1. The highest BCUT2D eigenvalue weighted by molar-refractivity contribution is 7.99. The van der Waals surface area contributed by atoms with E-state index in [-0.39, 0.29) is 10.8 Å². The number of hydrogen-bond acceptors (Lipinski definition) is 2. The molecule has 0 bridgehead atoms. The molecule has 98 valence electrons. The second kappa shape index (κ2) is 5.89. The summed E-state index contributed by atoms with van der Waals surface area (Å²) >= 11 is 1.51. The molecule has 0 aliphatic carbocycles. The second-order valence-corrected chi connectivity index (χ2v) is 5.53. The Bertz CT molecular complexity index is 584. The highest BCUT2D eigenvalue weighted by Gasteiger charge is 2.13. The minimum Gasteiger partial charge on any atom is -0.478 e. The summed E-state index contributed by atoms with van der Waals surface area (Å²) in [5, 5.41) is 9.07. The Kier molecular flexibility index (Phi) is 4.22.